The molecule has 100 valence electrons. The molecule has 2 aromatic heterocycles. The number of carboxylic acid groups (broad SMARTS) is 1. The molecule has 20 heavy (non-hydrogen) atoms. The van der Waals surface area contributed by atoms with Crippen LogP contribution in [0.25, 0.3) is 16.9 Å². The number of fused-ring (bicyclic) bond motifs is 1. The van der Waals surface area contributed by atoms with Gasteiger partial charge in [0.2, 0.25) is 0 Å². The summed E-state index contributed by atoms with van der Waals surface area (Å²) in [5, 5.41) is 12.9. The van der Waals surface area contributed by atoms with Gasteiger partial charge in [0.05, 0.1) is 11.9 Å². The number of benzene rings is 1. The molecule has 7 heteroatoms. The van der Waals surface area contributed by atoms with Crippen LogP contribution in [0.3, 0.4) is 0 Å². The largest absolute Gasteiger partial charge is 0.477 e. The second-order valence-corrected chi connectivity index (χ2v) is 4.06. The molecule has 3 rings (SSSR count). The molecule has 0 radical (unpaired) electrons. The van der Waals surface area contributed by atoms with Crippen molar-refractivity contribution in [3.8, 4) is 11.3 Å². The summed E-state index contributed by atoms with van der Waals surface area (Å²) in [5.41, 5.74) is 0.868. The van der Waals surface area contributed by atoms with Crippen molar-refractivity contribution in [2.24, 2.45) is 0 Å². The summed E-state index contributed by atoms with van der Waals surface area (Å²) in [6.07, 6.45) is 2.55. The Kier molecular flexibility index (Phi) is 2.67. The van der Waals surface area contributed by atoms with Gasteiger partial charge in [-0.15, -0.1) is 0 Å². The van der Waals surface area contributed by atoms with Crippen LogP contribution in [0.4, 0.5) is 8.78 Å². The molecule has 0 aliphatic carbocycles. The van der Waals surface area contributed by atoms with E-state index in [0.717, 1.165) is 18.3 Å². The van der Waals surface area contributed by atoms with Gasteiger partial charge in [0.25, 0.3) is 0 Å². The van der Waals surface area contributed by atoms with Crippen molar-refractivity contribution in [1.82, 2.24) is 14.6 Å². The van der Waals surface area contributed by atoms with Gasteiger partial charge in [-0.2, -0.15) is 5.10 Å². The summed E-state index contributed by atoms with van der Waals surface area (Å²) in [7, 11) is 0. The minimum absolute atomic E-state index is 0.0607. The van der Waals surface area contributed by atoms with E-state index < -0.39 is 17.6 Å². The SMILES string of the molecule is O=C(O)c1cnn2c(-c3ccc(F)c(F)c3)ccnc12. The smallest absolute Gasteiger partial charge is 0.341 e. The predicted octanol–water partition coefficient (Wildman–Crippen LogP) is 2.37. The first-order valence-electron chi connectivity index (χ1n) is 5.59. The number of carbonyl (C=O) groups is 1. The van der Waals surface area contributed by atoms with Crippen molar-refractivity contribution >= 4 is 11.6 Å². The third-order valence-electron chi connectivity index (χ3n) is 2.85. The van der Waals surface area contributed by atoms with E-state index in [0.29, 0.717) is 11.3 Å². The highest BCUT2D eigenvalue weighted by Crippen LogP contribution is 2.22. The van der Waals surface area contributed by atoms with Gasteiger partial charge in [0, 0.05) is 11.8 Å². The van der Waals surface area contributed by atoms with Gasteiger partial charge in [-0.3, -0.25) is 0 Å². The lowest BCUT2D eigenvalue weighted by Crippen LogP contribution is -2.00. The molecule has 2 heterocycles. The number of rotatable bonds is 2. The number of carboxylic acids is 1. The van der Waals surface area contributed by atoms with Crippen LogP contribution < -0.4 is 0 Å². The molecule has 0 atom stereocenters. The minimum atomic E-state index is -1.16. The molecule has 0 saturated carbocycles. The maximum absolute atomic E-state index is 13.3. The highest BCUT2D eigenvalue weighted by Gasteiger charge is 2.15. The standard InChI is InChI=1S/C13H7F2N3O2/c14-9-2-1-7(5-10(9)15)11-3-4-16-12-8(13(19)20)6-17-18(11)12/h1-6H,(H,19,20). The summed E-state index contributed by atoms with van der Waals surface area (Å²) >= 11 is 0. The van der Waals surface area contributed by atoms with E-state index in [4.69, 9.17) is 5.11 Å². The van der Waals surface area contributed by atoms with Gasteiger partial charge in [0.1, 0.15) is 5.56 Å². The van der Waals surface area contributed by atoms with Crippen molar-refractivity contribution in [2.45, 2.75) is 0 Å². The van der Waals surface area contributed by atoms with Crippen molar-refractivity contribution < 1.29 is 18.7 Å². The normalized spacial score (nSPS) is 10.9. The third-order valence-corrected chi connectivity index (χ3v) is 2.85. The summed E-state index contributed by atoms with van der Waals surface area (Å²) in [5.74, 6) is -3.10. The summed E-state index contributed by atoms with van der Waals surface area (Å²) < 4.78 is 27.5. The van der Waals surface area contributed by atoms with Crippen LogP contribution in [0.2, 0.25) is 0 Å². The Labute approximate surface area is 111 Å². The molecule has 1 aromatic carbocycles. The quantitative estimate of drug-likeness (QED) is 0.779. The molecule has 0 unspecified atom stereocenters. The number of aromatic carboxylic acids is 1. The van der Waals surface area contributed by atoms with E-state index in [2.05, 4.69) is 10.1 Å². The molecule has 1 N–H and O–H groups in total. The zero-order valence-electron chi connectivity index (χ0n) is 9.92. The Balaban J connectivity index is 2.26. The van der Waals surface area contributed by atoms with E-state index >= 15 is 0 Å². The second kappa shape index (κ2) is 4.37. The Morgan fingerprint density at radius 1 is 1.20 bits per heavy atom. The van der Waals surface area contributed by atoms with Crippen molar-refractivity contribution in [3.63, 3.8) is 0 Å². The Bertz CT molecular complexity index is 830. The fourth-order valence-corrected chi connectivity index (χ4v) is 1.92. The Morgan fingerprint density at radius 2 is 2.00 bits per heavy atom. The second-order valence-electron chi connectivity index (χ2n) is 4.06. The molecule has 5 nitrogen and oxygen atoms in total. The lowest BCUT2D eigenvalue weighted by Gasteiger charge is -2.05. The average molecular weight is 275 g/mol. The maximum atomic E-state index is 13.3. The molecule has 0 bridgehead atoms. The fraction of sp³-hybridized carbons (Fsp3) is 0. The molecule has 0 fully saturated rings. The molecule has 0 saturated heterocycles. The molecule has 0 amide bonds. The van der Waals surface area contributed by atoms with Gasteiger partial charge < -0.3 is 5.11 Å². The first kappa shape index (κ1) is 12.2. The highest BCUT2D eigenvalue weighted by atomic mass is 19.2. The van der Waals surface area contributed by atoms with E-state index in [9.17, 15) is 13.6 Å². The number of hydrogen-bond acceptors (Lipinski definition) is 3. The molecule has 0 aliphatic rings. The van der Waals surface area contributed by atoms with Gasteiger partial charge >= 0.3 is 5.97 Å². The van der Waals surface area contributed by atoms with E-state index in [1.807, 2.05) is 0 Å². The summed E-state index contributed by atoms with van der Waals surface area (Å²) in [4.78, 5) is 15.0. The summed E-state index contributed by atoms with van der Waals surface area (Å²) in [6, 6.07) is 4.94. The van der Waals surface area contributed by atoms with Gasteiger partial charge in [-0.05, 0) is 24.3 Å². The van der Waals surface area contributed by atoms with Crippen LogP contribution in [-0.4, -0.2) is 25.7 Å². The molecule has 0 aliphatic heterocycles. The number of aromatic nitrogens is 3. The monoisotopic (exact) mass is 275 g/mol. The Hall–Kier alpha value is -2.83. The number of halogens is 2. The van der Waals surface area contributed by atoms with Crippen LogP contribution in [0, 0.1) is 11.6 Å². The lowest BCUT2D eigenvalue weighted by atomic mass is 10.1. The van der Waals surface area contributed by atoms with Crippen molar-refractivity contribution in [1.29, 1.82) is 0 Å². The Morgan fingerprint density at radius 3 is 2.70 bits per heavy atom. The zero-order valence-corrected chi connectivity index (χ0v) is 9.92. The van der Waals surface area contributed by atoms with Crippen LogP contribution in [0.1, 0.15) is 10.4 Å². The highest BCUT2D eigenvalue weighted by molar-refractivity contribution is 5.94. The van der Waals surface area contributed by atoms with E-state index in [1.54, 1.807) is 0 Å². The zero-order chi connectivity index (χ0) is 14.3. The van der Waals surface area contributed by atoms with Gasteiger partial charge in [-0.1, -0.05) is 0 Å². The molecular weight excluding hydrogens is 268 g/mol. The van der Waals surface area contributed by atoms with Crippen LogP contribution >= 0.6 is 0 Å². The predicted molar refractivity (Wildman–Crippen MR) is 65.3 cm³/mol. The topological polar surface area (TPSA) is 67.5 Å². The van der Waals surface area contributed by atoms with Crippen molar-refractivity contribution in [3.05, 3.63) is 53.9 Å². The van der Waals surface area contributed by atoms with E-state index in [1.165, 1.54) is 22.8 Å². The number of hydrogen-bond donors (Lipinski definition) is 1. The average Bonchev–Trinajstić information content (AvgIpc) is 2.86. The van der Waals surface area contributed by atoms with Gasteiger partial charge in [0.15, 0.2) is 17.3 Å². The fourth-order valence-electron chi connectivity index (χ4n) is 1.92. The lowest BCUT2D eigenvalue weighted by molar-refractivity contribution is 0.0699. The van der Waals surface area contributed by atoms with Gasteiger partial charge in [-0.25, -0.2) is 23.1 Å². The number of nitrogens with zero attached hydrogens (tertiary/aromatic N) is 3. The molecule has 0 spiro atoms. The minimum Gasteiger partial charge on any atom is -0.477 e. The van der Waals surface area contributed by atoms with Crippen LogP contribution in [0.5, 0.6) is 0 Å². The van der Waals surface area contributed by atoms with E-state index in [-0.39, 0.29) is 11.2 Å². The van der Waals surface area contributed by atoms with Crippen molar-refractivity contribution in [2.75, 3.05) is 0 Å². The third kappa shape index (κ3) is 1.80. The molecule has 3 aromatic rings. The first-order valence-corrected chi connectivity index (χ1v) is 5.59. The van der Waals surface area contributed by atoms with Crippen LogP contribution in [-0.2, 0) is 0 Å². The summed E-state index contributed by atoms with van der Waals surface area (Å²) in [6.45, 7) is 0. The van der Waals surface area contributed by atoms with Crippen LogP contribution in [0.15, 0.2) is 36.7 Å². The first-order chi connectivity index (χ1) is 9.58. The molecular formula is C13H7F2N3O2. The maximum Gasteiger partial charge on any atom is 0.341 e.